The lowest BCUT2D eigenvalue weighted by Crippen LogP contribution is -2.19. The molecule has 5 nitrogen and oxygen atoms in total. The van der Waals surface area contributed by atoms with Crippen molar-refractivity contribution in [2.45, 2.75) is 19.8 Å². The second-order valence-electron chi connectivity index (χ2n) is 4.38. The van der Waals surface area contributed by atoms with Gasteiger partial charge in [-0.15, -0.1) is 5.10 Å². The lowest BCUT2D eigenvalue weighted by atomic mass is 10.2. The van der Waals surface area contributed by atoms with Gasteiger partial charge in [0.15, 0.2) is 5.17 Å². The molecule has 0 unspecified atom stereocenters. The molecule has 1 aliphatic heterocycles. The molecule has 0 bridgehead atoms. The fourth-order valence-electron chi connectivity index (χ4n) is 1.57. The summed E-state index contributed by atoms with van der Waals surface area (Å²) in [6.45, 7) is 2.77. The van der Waals surface area contributed by atoms with Crippen LogP contribution in [0.4, 0.5) is 0 Å². The van der Waals surface area contributed by atoms with Crippen molar-refractivity contribution < 1.29 is 9.53 Å². The van der Waals surface area contributed by atoms with Crippen LogP contribution in [0.5, 0.6) is 5.75 Å². The van der Waals surface area contributed by atoms with E-state index in [0.717, 1.165) is 18.4 Å². The summed E-state index contributed by atoms with van der Waals surface area (Å²) in [4.78, 5) is 11.0. The Kier molecular flexibility index (Phi) is 6.07. The maximum absolute atomic E-state index is 11.0. The van der Waals surface area contributed by atoms with Crippen molar-refractivity contribution in [3.05, 3.63) is 28.8 Å². The number of nitrogens with one attached hydrogen (secondary N) is 1. The number of amides is 1. The Hall–Kier alpha value is -1.53. The Bertz CT molecular complexity index is 575. The fraction of sp³-hybridized carbons (Fsp3) is 0.357. The largest absolute Gasteiger partial charge is 0.492 e. The van der Waals surface area contributed by atoms with Crippen molar-refractivity contribution in [3.8, 4) is 5.75 Å². The lowest BCUT2D eigenvalue weighted by Gasteiger charge is -2.07. The van der Waals surface area contributed by atoms with E-state index >= 15 is 0 Å². The maximum Gasteiger partial charge on any atom is 0.236 e. The Morgan fingerprint density at radius 2 is 2.38 bits per heavy atom. The zero-order valence-corrected chi connectivity index (χ0v) is 13.2. The second kappa shape index (κ2) is 8.05. The number of rotatable bonds is 6. The number of hydrogen-bond acceptors (Lipinski definition) is 5. The van der Waals surface area contributed by atoms with Crippen molar-refractivity contribution in [1.82, 2.24) is 5.32 Å². The monoisotopic (exact) mass is 325 g/mol. The number of unbranched alkanes of at least 4 members (excludes halogenated alkanes) is 1. The number of amidine groups is 1. The van der Waals surface area contributed by atoms with E-state index in [9.17, 15) is 4.79 Å². The third-order valence-corrected chi connectivity index (χ3v) is 3.81. The minimum absolute atomic E-state index is 0.0504. The number of carbonyl (C=O) groups is 1. The number of benzene rings is 1. The molecule has 1 aromatic rings. The third kappa shape index (κ3) is 5.06. The Balaban J connectivity index is 1.95. The maximum atomic E-state index is 11.0. The number of hydrogen-bond donors (Lipinski definition) is 1. The lowest BCUT2D eigenvalue weighted by molar-refractivity contribution is -0.116. The van der Waals surface area contributed by atoms with Crippen LogP contribution in [0.15, 0.2) is 28.4 Å². The van der Waals surface area contributed by atoms with Gasteiger partial charge in [-0.2, -0.15) is 5.10 Å². The smallest absolute Gasteiger partial charge is 0.236 e. The molecule has 1 amide bonds. The van der Waals surface area contributed by atoms with E-state index in [1.54, 1.807) is 12.3 Å². The summed E-state index contributed by atoms with van der Waals surface area (Å²) in [5.74, 6) is 1.02. The van der Waals surface area contributed by atoms with E-state index in [1.165, 1.54) is 11.8 Å². The van der Waals surface area contributed by atoms with Gasteiger partial charge in [0.1, 0.15) is 5.75 Å². The molecular formula is C14H16ClN3O2S. The highest BCUT2D eigenvalue weighted by molar-refractivity contribution is 8.15. The fourth-order valence-corrected chi connectivity index (χ4v) is 2.44. The molecule has 0 saturated carbocycles. The normalized spacial score (nSPS) is 16.7. The zero-order valence-electron chi connectivity index (χ0n) is 11.6. The van der Waals surface area contributed by atoms with Crippen LogP contribution in [0, 0.1) is 0 Å². The SMILES string of the molecule is CCCCOc1ccc(C=NN=C2NC(=O)CS2)cc1Cl. The molecular weight excluding hydrogens is 310 g/mol. The first kappa shape index (κ1) is 15.9. The second-order valence-corrected chi connectivity index (χ2v) is 5.75. The topological polar surface area (TPSA) is 63.1 Å². The highest BCUT2D eigenvalue weighted by Crippen LogP contribution is 2.25. The van der Waals surface area contributed by atoms with Crippen LogP contribution < -0.4 is 10.1 Å². The third-order valence-electron chi connectivity index (χ3n) is 2.65. The van der Waals surface area contributed by atoms with Crippen LogP contribution in [0.2, 0.25) is 5.02 Å². The number of halogens is 1. The summed E-state index contributed by atoms with van der Waals surface area (Å²) in [6.07, 6.45) is 3.66. The van der Waals surface area contributed by atoms with E-state index < -0.39 is 0 Å². The molecule has 1 fully saturated rings. The average Bonchev–Trinajstić information content (AvgIpc) is 2.87. The number of thioether (sulfide) groups is 1. The van der Waals surface area contributed by atoms with Gasteiger partial charge in [-0.25, -0.2) is 0 Å². The van der Waals surface area contributed by atoms with Gasteiger partial charge in [0, 0.05) is 0 Å². The molecule has 7 heteroatoms. The van der Waals surface area contributed by atoms with Crippen LogP contribution in [-0.4, -0.2) is 29.6 Å². The molecule has 21 heavy (non-hydrogen) atoms. The quantitative estimate of drug-likeness (QED) is 0.496. The van der Waals surface area contributed by atoms with E-state index in [0.29, 0.717) is 28.3 Å². The molecule has 112 valence electrons. The van der Waals surface area contributed by atoms with Gasteiger partial charge in [-0.3, -0.25) is 4.79 Å². The van der Waals surface area contributed by atoms with Crippen molar-refractivity contribution in [3.63, 3.8) is 0 Å². The van der Waals surface area contributed by atoms with Crippen LogP contribution in [0.3, 0.4) is 0 Å². The van der Waals surface area contributed by atoms with Gasteiger partial charge < -0.3 is 10.1 Å². The minimum Gasteiger partial charge on any atom is -0.492 e. The van der Waals surface area contributed by atoms with E-state index in [4.69, 9.17) is 16.3 Å². The summed E-state index contributed by atoms with van der Waals surface area (Å²) in [6, 6.07) is 5.45. The van der Waals surface area contributed by atoms with Crippen LogP contribution in [-0.2, 0) is 4.79 Å². The number of nitrogens with zero attached hydrogens (tertiary/aromatic N) is 2. The van der Waals surface area contributed by atoms with Crippen LogP contribution >= 0.6 is 23.4 Å². The summed E-state index contributed by atoms with van der Waals surface area (Å²) in [5, 5.41) is 11.5. The Morgan fingerprint density at radius 1 is 1.52 bits per heavy atom. The average molecular weight is 326 g/mol. The molecule has 0 radical (unpaired) electrons. The van der Waals surface area contributed by atoms with Crippen molar-refractivity contribution in [2.24, 2.45) is 10.2 Å². The summed E-state index contributed by atoms with van der Waals surface area (Å²) in [5.41, 5.74) is 0.821. The molecule has 1 aromatic carbocycles. The van der Waals surface area contributed by atoms with E-state index in [1.807, 2.05) is 12.1 Å². The van der Waals surface area contributed by atoms with Crippen LogP contribution in [0.1, 0.15) is 25.3 Å². The van der Waals surface area contributed by atoms with Gasteiger partial charge in [-0.1, -0.05) is 36.7 Å². The molecule has 0 aromatic heterocycles. The van der Waals surface area contributed by atoms with Crippen molar-refractivity contribution >= 4 is 40.7 Å². The van der Waals surface area contributed by atoms with Gasteiger partial charge in [0.05, 0.1) is 23.6 Å². The predicted octanol–water partition coefficient (Wildman–Crippen LogP) is 3.07. The predicted molar refractivity (Wildman–Crippen MR) is 87.5 cm³/mol. The Labute approximate surface area is 132 Å². The molecule has 0 atom stereocenters. The van der Waals surface area contributed by atoms with Gasteiger partial charge in [-0.05, 0) is 30.2 Å². The first-order chi connectivity index (χ1) is 10.2. The van der Waals surface area contributed by atoms with Gasteiger partial charge in [0.2, 0.25) is 5.91 Å². The molecule has 0 spiro atoms. The molecule has 2 rings (SSSR count). The first-order valence-corrected chi connectivity index (χ1v) is 8.01. The first-order valence-electron chi connectivity index (χ1n) is 6.65. The minimum atomic E-state index is -0.0504. The van der Waals surface area contributed by atoms with E-state index in [-0.39, 0.29) is 5.91 Å². The van der Waals surface area contributed by atoms with Crippen LogP contribution in [0.25, 0.3) is 0 Å². The zero-order chi connectivity index (χ0) is 15.1. The highest BCUT2D eigenvalue weighted by Gasteiger charge is 2.15. The number of ether oxygens (including phenoxy) is 1. The highest BCUT2D eigenvalue weighted by atomic mass is 35.5. The summed E-state index contributed by atoms with van der Waals surface area (Å²) in [7, 11) is 0. The van der Waals surface area contributed by atoms with Gasteiger partial charge >= 0.3 is 0 Å². The van der Waals surface area contributed by atoms with Crippen molar-refractivity contribution in [2.75, 3.05) is 12.4 Å². The number of carbonyl (C=O) groups excluding carboxylic acids is 1. The molecule has 0 aliphatic carbocycles. The molecule has 1 aliphatic rings. The van der Waals surface area contributed by atoms with E-state index in [2.05, 4.69) is 22.4 Å². The molecule has 1 N–H and O–H groups in total. The Morgan fingerprint density at radius 3 is 3.05 bits per heavy atom. The van der Waals surface area contributed by atoms with Crippen molar-refractivity contribution in [1.29, 1.82) is 0 Å². The van der Waals surface area contributed by atoms with Gasteiger partial charge in [0.25, 0.3) is 0 Å². The standard InChI is InChI=1S/C14H16ClN3O2S/c1-2-3-6-20-12-5-4-10(7-11(12)15)8-16-18-14-17-13(19)9-21-14/h4-5,7-8H,2-3,6,9H2,1H3,(H,17,18,19). The molecule has 1 saturated heterocycles. The molecule has 1 heterocycles. The summed E-state index contributed by atoms with van der Waals surface area (Å²) >= 11 is 7.48. The summed E-state index contributed by atoms with van der Waals surface area (Å²) < 4.78 is 5.57.